The number of rotatable bonds is 6. The molecule has 3 N–H and O–H groups in total. The van der Waals surface area contributed by atoms with E-state index in [4.69, 9.17) is 5.84 Å². The quantitative estimate of drug-likeness (QED) is 0.607. The topological polar surface area (TPSA) is 55.9 Å². The summed E-state index contributed by atoms with van der Waals surface area (Å²) < 4.78 is 3.26. The highest BCUT2D eigenvalue weighted by Crippen LogP contribution is 2.69. The van der Waals surface area contributed by atoms with Gasteiger partial charge in [0.25, 0.3) is 0 Å². The number of halogens is 1. The highest BCUT2D eigenvalue weighted by molar-refractivity contribution is 9.10. The number of aromatic nitrogens is 2. The van der Waals surface area contributed by atoms with Crippen LogP contribution < -0.4 is 11.3 Å². The summed E-state index contributed by atoms with van der Waals surface area (Å²) in [6.45, 7) is 14.5. The second-order valence-electron chi connectivity index (χ2n) is 7.28. The van der Waals surface area contributed by atoms with Crippen LogP contribution in [-0.4, -0.2) is 15.8 Å². The zero-order valence-electron chi connectivity index (χ0n) is 14.1. The Morgan fingerprint density at radius 3 is 2.24 bits per heavy atom. The van der Waals surface area contributed by atoms with Crippen LogP contribution in [0.4, 0.5) is 0 Å². The number of hydrazine groups is 1. The Hall–Kier alpha value is -0.390. The molecule has 0 bridgehead atoms. The predicted octanol–water partition coefficient (Wildman–Crippen LogP) is 3.28. The van der Waals surface area contributed by atoms with Crippen LogP contribution in [0.1, 0.15) is 52.9 Å². The average molecular weight is 357 g/mol. The zero-order valence-corrected chi connectivity index (χ0v) is 15.7. The third-order valence-electron chi connectivity index (χ3n) is 5.86. The Morgan fingerprint density at radius 2 is 1.86 bits per heavy atom. The van der Waals surface area contributed by atoms with Crippen molar-refractivity contribution < 1.29 is 0 Å². The first kappa shape index (κ1) is 17.0. The fourth-order valence-electron chi connectivity index (χ4n) is 3.95. The summed E-state index contributed by atoms with van der Waals surface area (Å²) >= 11 is 3.74. The first-order chi connectivity index (χ1) is 9.72. The smallest absolute Gasteiger partial charge is 0.0766 e. The second kappa shape index (κ2) is 5.67. The predicted molar refractivity (Wildman–Crippen MR) is 90.8 cm³/mol. The maximum Gasteiger partial charge on any atom is 0.0766 e. The van der Waals surface area contributed by atoms with Gasteiger partial charge >= 0.3 is 0 Å². The van der Waals surface area contributed by atoms with E-state index in [1.807, 2.05) is 0 Å². The van der Waals surface area contributed by atoms with E-state index in [9.17, 15) is 0 Å². The SMILES string of the molecule is CCc1nn(CC)c(CC(NN)C2C(C)(C)C2(C)C)c1Br. The van der Waals surface area contributed by atoms with Crippen LogP contribution in [0.25, 0.3) is 0 Å². The molecule has 1 aliphatic carbocycles. The molecule has 4 nitrogen and oxygen atoms in total. The molecule has 2 rings (SSSR count). The summed E-state index contributed by atoms with van der Waals surface area (Å²) in [5, 5.41) is 4.69. The van der Waals surface area contributed by atoms with Crippen LogP contribution in [0, 0.1) is 16.7 Å². The molecule has 0 amide bonds. The summed E-state index contributed by atoms with van der Waals surface area (Å²) in [7, 11) is 0. The molecule has 1 unspecified atom stereocenters. The van der Waals surface area contributed by atoms with E-state index >= 15 is 0 Å². The van der Waals surface area contributed by atoms with Crippen LogP contribution >= 0.6 is 15.9 Å². The molecule has 0 spiro atoms. The molecule has 0 aromatic carbocycles. The molecular formula is C16H29BrN4. The van der Waals surface area contributed by atoms with E-state index in [2.05, 4.69) is 72.7 Å². The third kappa shape index (κ3) is 2.57. The zero-order chi connectivity index (χ0) is 16.0. The minimum atomic E-state index is 0.276. The van der Waals surface area contributed by atoms with Gasteiger partial charge in [0.15, 0.2) is 0 Å². The minimum Gasteiger partial charge on any atom is -0.271 e. The maximum atomic E-state index is 5.89. The molecule has 0 aliphatic heterocycles. The van der Waals surface area contributed by atoms with E-state index in [0.29, 0.717) is 16.7 Å². The molecule has 21 heavy (non-hydrogen) atoms. The van der Waals surface area contributed by atoms with Gasteiger partial charge in [0.05, 0.1) is 15.9 Å². The largest absolute Gasteiger partial charge is 0.271 e. The first-order valence-corrected chi connectivity index (χ1v) is 8.71. The average Bonchev–Trinajstić information content (AvgIpc) is 2.69. The normalized spacial score (nSPS) is 21.5. The number of hydrogen-bond donors (Lipinski definition) is 2. The Balaban J connectivity index is 2.27. The van der Waals surface area contributed by atoms with Crippen molar-refractivity contribution in [2.24, 2.45) is 22.6 Å². The van der Waals surface area contributed by atoms with Crippen molar-refractivity contribution in [2.45, 2.75) is 67.0 Å². The van der Waals surface area contributed by atoms with Crippen molar-refractivity contribution in [2.75, 3.05) is 0 Å². The molecule has 1 heterocycles. The summed E-state index contributed by atoms with van der Waals surface area (Å²) in [5.74, 6) is 6.47. The molecular weight excluding hydrogens is 328 g/mol. The van der Waals surface area contributed by atoms with Gasteiger partial charge in [-0.2, -0.15) is 5.10 Å². The molecule has 5 heteroatoms. The first-order valence-electron chi connectivity index (χ1n) is 7.92. The molecule has 0 radical (unpaired) electrons. The van der Waals surface area contributed by atoms with Crippen LogP contribution in [0.15, 0.2) is 4.47 Å². The molecule has 1 fully saturated rings. The van der Waals surface area contributed by atoms with Crippen LogP contribution in [0.2, 0.25) is 0 Å². The van der Waals surface area contributed by atoms with Crippen LogP contribution in [0.3, 0.4) is 0 Å². The standard InChI is InChI=1S/C16H29BrN4/c1-7-10-13(17)12(21(8-2)20-10)9-11(19-18)14-15(3,4)16(14,5)6/h11,14,19H,7-9,18H2,1-6H3. The lowest BCUT2D eigenvalue weighted by Gasteiger charge is -2.19. The molecule has 0 saturated heterocycles. The summed E-state index contributed by atoms with van der Waals surface area (Å²) in [4.78, 5) is 0. The maximum absolute atomic E-state index is 5.89. The molecule has 1 atom stereocenters. The molecule has 1 aromatic heterocycles. The molecule has 1 aliphatic rings. The van der Waals surface area contributed by atoms with Gasteiger partial charge in [-0.3, -0.25) is 16.0 Å². The number of nitrogens with two attached hydrogens (primary N) is 1. The van der Waals surface area contributed by atoms with E-state index in [0.717, 1.165) is 29.6 Å². The van der Waals surface area contributed by atoms with Gasteiger partial charge in [0.2, 0.25) is 0 Å². The molecule has 120 valence electrons. The lowest BCUT2D eigenvalue weighted by molar-refractivity contribution is 0.392. The summed E-state index contributed by atoms with van der Waals surface area (Å²) in [6, 6.07) is 0.276. The van der Waals surface area contributed by atoms with Crippen molar-refractivity contribution in [3.05, 3.63) is 15.9 Å². The lowest BCUT2D eigenvalue weighted by Crippen LogP contribution is -2.40. The third-order valence-corrected chi connectivity index (χ3v) is 6.77. The van der Waals surface area contributed by atoms with Crippen molar-refractivity contribution in [1.29, 1.82) is 0 Å². The minimum absolute atomic E-state index is 0.276. The Morgan fingerprint density at radius 1 is 1.29 bits per heavy atom. The molecule has 1 aromatic rings. The highest BCUT2D eigenvalue weighted by atomic mass is 79.9. The lowest BCUT2D eigenvalue weighted by atomic mass is 10.00. The van der Waals surface area contributed by atoms with Crippen molar-refractivity contribution in [3.8, 4) is 0 Å². The fourth-order valence-corrected chi connectivity index (χ4v) is 4.67. The number of nitrogens with one attached hydrogen (secondary N) is 1. The summed E-state index contributed by atoms with van der Waals surface area (Å²) in [6.07, 6.45) is 1.86. The van der Waals surface area contributed by atoms with Gasteiger partial charge in [-0.15, -0.1) is 0 Å². The second-order valence-corrected chi connectivity index (χ2v) is 8.07. The van der Waals surface area contributed by atoms with Crippen LogP contribution in [0.5, 0.6) is 0 Å². The number of hydrogen-bond acceptors (Lipinski definition) is 3. The summed E-state index contributed by atoms with van der Waals surface area (Å²) in [5.41, 5.74) is 6.10. The van der Waals surface area contributed by atoms with Crippen molar-refractivity contribution >= 4 is 15.9 Å². The highest BCUT2D eigenvalue weighted by Gasteiger charge is 2.66. The van der Waals surface area contributed by atoms with Gasteiger partial charge in [-0.05, 0) is 46.0 Å². The van der Waals surface area contributed by atoms with E-state index < -0.39 is 0 Å². The van der Waals surface area contributed by atoms with Gasteiger partial charge in [-0.25, -0.2) is 0 Å². The van der Waals surface area contributed by atoms with Gasteiger partial charge in [0, 0.05) is 19.0 Å². The van der Waals surface area contributed by atoms with Gasteiger partial charge in [0.1, 0.15) is 0 Å². The van der Waals surface area contributed by atoms with E-state index in [1.165, 1.54) is 5.69 Å². The Kier molecular flexibility index (Phi) is 4.58. The van der Waals surface area contributed by atoms with Gasteiger partial charge in [-0.1, -0.05) is 34.6 Å². The number of aryl methyl sites for hydroxylation is 2. The Labute approximate surface area is 137 Å². The number of nitrogens with zero attached hydrogens (tertiary/aromatic N) is 2. The van der Waals surface area contributed by atoms with Crippen molar-refractivity contribution in [3.63, 3.8) is 0 Å². The monoisotopic (exact) mass is 356 g/mol. The Bertz CT molecular complexity index is 505. The van der Waals surface area contributed by atoms with E-state index in [1.54, 1.807) is 0 Å². The molecule has 1 saturated carbocycles. The van der Waals surface area contributed by atoms with E-state index in [-0.39, 0.29) is 6.04 Å². The van der Waals surface area contributed by atoms with Crippen molar-refractivity contribution in [1.82, 2.24) is 15.2 Å². The van der Waals surface area contributed by atoms with Crippen LogP contribution in [-0.2, 0) is 19.4 Å². The van der Waals surface area contributed by atoms with Gasteiger partial charge < -0.3 is 0 Å². The fraction of sp³-hybridized carbons (Fsp3) is 0.812.